The van der Waals surface area contributed by atoms with Gasteiger partial charge in [-0.2, -0.15) is 0 Å². The Hall–Kier alpha value is -1.06. The Morgan fingerprint density at radius 2 is 2.06 bits per heavy atom. The van der Waals surface area contributed by atoms with E-state index in [-0.39, 0.29) is 45.9 Å². The molecule has 4 heteroatoms. The summed E-state index contributed by atoms with van der Waals surface area (Å²) in [5, 5.41) is 0. The number of esters is 2. The van der Waals surface area contributed by atoms with Crippen molar-refractivity contribution in [2.45, 2.75) is 54.6 Å². The molecule has 0 amide bonds. The molecule has 0 saturated carbocycles. The standard InChI is InChI=1S/C10H16O4.2CH4/c1-4-10(2,3)9(12)14-7-5-8(11)13-6-7;;/h7H,4-6H2,1-3H3;2*1H4. The molecule has 1 atom stereocenters. The minimum Gasteiger partial charge on any atom is -0.462 e. The van der Waals surface area contributed by atoms with Crippen LogP contribution in [0.1, 0.15) is 48.5 Å². The SMILES string of the molecule is C.C.CCC(C)(C)C(=O)OC1COC(=O)C1. The van der Waals surface area contributed by atoms with Crippen LogP contribution in [0.2, 0.25) is 0 Å². The average Bonchev–Trinajstić information content (AvgIpc) is 2.51. The lowest BCUT2D eigenvalue weighted by Crippen LogP contribution is -2.30. The first kappa shape index (κ1) is 17.3. The number of ether oxygens (including phenoxy) is 2. The smallest absolute Gasteiger partial charge is 0.311 e. The van der Waals surface area contributed by atoms with E-state index in [1.807, 2.05) is 20.8 Å². The van der Waals surface area contributed by atoms with Gasteiger partial charge in [0.2, 0.25) is 0 Å². The Labute approximate surface area is 98.3 Å². The predicted octanol–water partition coefficient (Wildman–Crippen LogP) is 2.55. The van der Waals surface area contributed by atoms with Crippen LogP contribution in [0.4, 0.5) is 0 Å². The van der Waals surface area contributed by atoms with Crippen LogP contribution in [0.5, 0.6) is 0 Å². The molecule has 1 aliphatic rings. The van der Waals surface area contributed by atoms with E-state index in [4.69, 9.17) is 9.47 Å². The van der Waals surface area contributed by atoms with Crippen LogP contribution in [0.15, 0.2) is 0 Å². The summed E-state index contributed by atoms with van der Waals surface area (Å²) in [7, 11) is 0. The molecule has 1 rings (SSSR count). The first-order valence-corrected chi connectivity index (χ1v) is 4.82. The molecule has 1 unspecified atom stereocenters. The fraction of sp³-hybridized carbons (Fsp3) is 0.833. The number of cyclic esters (lactones) is 1. The van der Waals surface area contributed by atoms with Gasteiger partial charge in [-0.3, -0.25) is 9.59 Å². The maximum atomic E-state index is 11.6. The van der Waals surface area contributed by atoms with Gasteiger partial charge in [0.1, 0.15) is 12.7 Å². The average molecular weight is 232 g/mol. The maximum absolute atomic E-state index is 11.6. The summed E-state index contributed by atoms with van der Waals surface area (Å²) < 4.78 is 9.85. The molecule has 0 aliphatic carbocycles. The van der Waals surface area contributed by atoms with Gasteiger partial charge < -0.3 is 9.47 Å². The van der Waals surface area contributed by atoms with Crippen molar-refractivity contribution in [1.29, 1.82) is 0 Å². The van der Waals surface area contributed by atoms with Gasteiger partial charge in [-0.1, -0.05) is 21.8 Å². The fourth-order valence-electron chi connectivity index (χ4n) is 1.02. The van der Waals surface area contributed by atoms with Gasteiger partial charge in [-0.15, -0.1) is 0 Å². The lowest BCUT2D eigenvalue weighted by atomic mass is 9.90. The third-order valence-electron chi connectivity index (χ3n) is 2.53. The molecule has 0 aromatic carbocycles. The molecule has 0 aromatic heterocycles. The van der Waals surface area contributed by atoms with Crippen LogP contribution < -0.4 is 0 Å². The molecule has 1 saturated heterocycles. The van der Waals surface area contributed by atoms with Gasteiger partial charge in [-0.05, 0) is 20.3 Å². The topological polar surface area (TPSA) is 52.6 Å². The van der Waals surface area contributed by atoms with E-state index in [9.17, 15) is 9.59 Å². The zero-order chi connectivity index (χ0) is 10.8. The minimum atomic E-state index is -0.481. The van der Waals surface area contributed by atoms with E-state index >= 15 is 0 Å². The van der Waals surface area contributed by atoms with Crippen molar-refractivity contribution in [3.8, 4) is 0 Å². The number of hydrogen-bond donors (Lipinski definition) is 0. The molecule has 0 radical (unpaired) electrons. The summed E-state index contributed by atoms with van der Waals surface area (Å²) in [4.78, 5) is 22.3. The van der Waals surface area contributed by atoms with Crippen LogP contribution in [-0.2, 0) is 19.1 Å². The predicted molar refractivity (Wildman–Crippen MR) is 63.0 cm³/mol. The van der Waals surface area contributed by atoms with Crippen molar-refractivity contribution >= 4 is 11.9 Å². The maximum Gasteiger partial charge on any atom is 0.311 e. The zero-order valence-electron chi connectivity index (χ0n) is 8.83. The highest BCUT2D eigenvalue weighted by molar-refractivity contribution is 5.77. The van der Waals surface area contributed by atoms with E-state index in [0.29, 0.717) is 6.42 Å². The van der Waals surface area contributed by atoms with Crippen molar-refractivity contribution < 1.29 is 19.1 Å². The van der Waals surface area contributed by atoms with Gasteiger partial charge in [0.05, 0.1) is 11.8 Å². The number of carbonyl (C=O) groups excluding carboxylic acids is 2. The molecule has 1 fully saturated rings. The quantitative estimate of drug-likeness (QED) is 0.702. The first-order valence-electron chi connectivity index (χ1n) is 4.82. The molecule has 0 spiro atoms. The van der Waals surface area contributed by atoms with Crippen LogP contribution in [0, 0.1) is 5.41 Å². The zero-order valence-corrected chi connectivity index (χ0v) is 8.83. The number of hydrogen-bond acceptors (Lipinski definition) is 4. The Kier molecular flexibility index (Phi) is 7.05. The number of rotatable bonds is 3. The van der Waals surface area contributed by atoms with E-state index in [0.717, 1.165) is 0 Å². The summed E-state index contributed by atoms with van der Waals surface area (Å²) in [5.41, 5.74) is -0.481. The Morgan fingerprint density at radius 1 is 1.50 bits per heavy atom. The molecule has 96 valence electrons. The lowest BCUT2D eigenvalue weighted by molar-refractivity contribution is -0.159. The lowest BCUT2D eigenvalue weighted by Gasteiger charge is -2.22. The molecule has 4 nitrogen and oxygen atoms in total. The highest BCUT2D eigenvalue weighted by Gasteiger charge is 2.33. The molecule has 0 aromatic rings. The van der Waals surface area contributed by atoms with E-state index in [1.54, 1.807) is 0 Å². The van der Waals surface area contributed by atoms with E-state index < -0.39 is 5.41 Å². The largest absolute Gasteiger partial charge is 0.462 e. The molecule has 1 heterocycles. The Bertz CT molecular complexity index is 245. The van der Waals surface area contributed by atoms with Crippen LogP contribution in [0.3, 0.4) is 0 Å². The molecule has 1 aliphatic heterocycles. The summed E-state index contributed by atoms with van der Waals surface area (Å²) in [6.07, 6.45) is 0.514. The van der Waals surface area contributed by atoms with Crippen molar-refractivity contribution in [3.63, 3.8) is 0 Å². The van der Waals surface area contributed by atoms with E-state index in [1.165, 1.54) is 0 Å². The van der Waals surface area contributed by atoms with E-state index in [2.05, 4.69) is 0 Å². The molecule has 16 heavy (non-hydrogen) atoms. The highest BCUT2D eigenvalue weighted by Crippen LogP contribution is 2.23. The summed E-state index contributed by atoms with van der Waals surface area (Å²) in [6, 6.07) is 0. The minimum absolute atomic E-state index is 0. The summed E-state index contributed by atoms with van der Waals surface area (Å²) >= 11 is 0. The second-order valence-electron chi connectivity index (χ2n) is 4.15. The van der Waals surface area contributed by atoms with Crippen LogP contribution in [0.25, 0.3) is 0 Å². The third-order valence-corrected chi connectivity index (χ3v) is 2.53. The molecular weight excluding hydrogens is 208 g/mol. The molecule has 0 bridgehead atoms. The highest BCUT2D eigenvalue weighted by atomic mass is 16.6. The third kappa shape index (κ3) is 4.21. The molecule has 0 N–H and O–H groups in total. The van der Waals surface area contributed by atoms with Crippen molar-refractivity contribution in [2.24, 2.45) is 5.41 Å². The van der Waals surface area contributed by atoms with Crippen molar-refractivity contribution in [3.05, 3.63) is 0 Å². The van der Waals surface area contributed by atoms with Crippen LogP contribution >= 0.6 is 0 Å². The monoisotopic (exact) mass is 232 g/mol. The van der Waals surface area contributed by atoms with Gasteiger partial charge in [0.25, 0.3) is 0 Å². The van der Waals surface area contributed by atoms with Gasteiger partial charge in [0, 0.05) is 0 Å². The normalized spacial score (nSPS) is 19.2. The first-order chi connectivity index (χ1) is 6.45. The Morgan fingerprint density at radius 3 is 2.44 bits per heavy atom. The van der Waals surface area contributed by atoms with Crippen molar-refractivity contribution in [2.75, 3.05) is 6.61 Å². The van der Waals surface area contributed by atoms with Gasteiger partial charge in [0.15, 0.2) is 0 Å². The summed E-state index contributed by atoms with van der Waals surface area (Å²) in [5.74, 6) is -0.555. The van der Waals surface area contributed by atoms with Crippen LogP contribution in [-0.4, -0.2) is 24.6 Å². The van der Waals surface area contributed by atoms with Gasteiger partial charge in [-0.25, -0.2) is 0 Å². The van der Waals surface area contributed by atoms with Crippen molar-refractivity contribution in [1.82, 2.24) is 0 Å². The summed E-state index contributed by atoms with van der Waals surface area (Å²) in [6.45, 7) is 5.78. The second kappa shape index (κ2) is 6.51. The Balaban J connectivity index is 0. The second-order valence-corrected chi connectivity index (χ2v) is 4.15. The molecular formula is C12H24O4. The number of carbonyl (C=O) groups is 2. The van der Waals surface area contributed by atoms with Gasteiger partial charge >= 0.3 is 11.9 Å². The fourth-order valence-corrected chi connectivity index (χ4v) is 1.02.